The lowest BCUT2D eigenvalue weighted by molar-refractivity contribution is -0.120. The van der Waals surface area contributed by atoms with Crippen molar-refractivity contribution in [2.24, 2.45) is 5.92 Å². The van der Waals surface area contributed by atoms with E-state index in [4.69, 9.17) is 17.3 Å². The molecule has 0 aliphatic heterocycles. The van der Waals surface area contributed by atoms with Gasteiger partial charge in [-0.05, 0) is 25.0 Å². The van der Waals surface area contributed by atoms with Crippen molar-refractivity contribution in [2.75, 3.05) is 11.1 Å². The predicted molar refractivity (Wildman–Crippen MR) is 71.1 cm³/mol. The van der Waals surface area contributed by atoms with E-state index in [0.717, 1.165) is 25.7 Å². The van der Waals surface area contributed by atoms with Gasteiger partial charge in [0, 0.05) is 5.92 Å². The van der Waals surface area contributed by atoms with Gasteiger partial charge < -0.3 is 11.1 Å². The third-order valence-electron chi connectivity index (χ3n) is 3.27. The summed E-state index contributed by atoms with van der Waals surface area (Å²) in [5.74, 6) is 0.156. The first-order valence-electron chi connectivity index (χ1n) is 6.03. The minimum atomic E-state index is 0.0458. The normalized spacial score (nSPS) is 16.8. The maximum absolute atomic E-state index is 12.0. The molecule has 1 fully saturated rings. The lowest BCUT2D eigenvalue weighted by Crippen LogP contribution is -2.25. The van der Waals surface area contributed by atoms with Crippen molar-refractivity contribution in [3.8, 4) is 0 Å². The van der Waals surface area contributed by atoms with Crippen LogP contribution in [0.1, 0.15) is 32.1 Å². The van der Waals surface area contributed by atoms with E-state index in [9.17, 15) is 4.79 Å². The van der Waals surface area contributed by atoms with E-state index < -0.39 is 0 Å². The molecule has 0 spiro atoms. The summed E-state index contributed by atoms with van der Waals surface area (Å²) in [6, 6.07) is 5.24. The molecule has 3 N–H and O–H groups in total. The maximum Gasteiger partial charge on any atom is 0.227 e. The number of carbonyl (C=O) groups is 1. The van der Waals surface area contributed by atoms with Crippen molar-refractivity contribution in [1.29, 1.82) is 0 Å². The van der Waals surface area contributed by atoms with Gasteiger partial charge in [-0.3, -0.25) is 4.79 Å². The highest BCUT2D eigenvalue weighted by Gasteiger charge is 2.22. The molecule has 0 saturated heterocycles. The second-order valence-corrected chi connectivity index (χ2v) is 4.94. The van der Waals surface area contributed by atoms with Gasteiger partial charge in [0.15, 0.2) is 0 Å². The van der Waals surface area contributed by atoms with Crippen LogP contribution in [-0.2, 0) is 4.79 Å². The highest BCUT2D eigenvalue weighted by atomic mass is 35.5. The topological polar surface area (TPSA) is 55.1 Å². The quantitative estimate of drug-likeness (QED) is 0.793. The zero-order chi connectivity index (χ0) is 12.3. The van der Waals surface area contributed by atoms with E-state index in [2.05, 4.69) is 5.32 Å². The molecule has 4 heteroatoms. The van der Waals surface area contributed by atoms with E-state index in [1.807, 2.05) is 0 Å². The Balaban J connectivity index is 2.07. The lowest BCUT2D eigenvalue weighted by Gasteiger charge is -2.21. The second kappa shape index (κ2) is 5.41. The molecule has 1 saturated carbocycles. The highest BCUT2D eigenvalue weighted by Crippen LogP contribution is 2.30. The van der Waals surface area contributed by atoms with Crippen LogP contribution in [-0.4, -0.2) is 5.91 Å². The first kappa shape index (κ1) is 12.2. The van der Waals surface area contributed by atoms with Gasteiger partial charge in [0.25, 0.3) is 0 Å². The number of hydrogen-bond donors (Lipinski definition) is 2. The lowest BCUT2D eigenvalue weighted by atomic mass is 9.88. The molecule has 1 aromatic carbocycles. The first-order chi connectivity index (χ1) is 8.18. The highest BCUT2D eigenvalue weighted by molar-refractivity contribution is 6.34. The number of nitrogens with one attached hydrogen (secondary N) is 1. The molecule has 17 heavy (non-hydrogen) atoms. The molecule has 0 unspecified atom stereocenters. The summed E-state index contributed by atoms with van der Waals surface area (Å²) in [4.78, 5) is 12.0. The minimum absolute atomic E-state index is 0.0458. The molecule has 1 aliphatic carbocycles. The Morgan fingerprint density at radius 2 is 2.00 bits per heavy atom. The molecule has 3 nitrogen and oxygen atoms in total. The van der Waals surface area contributed by atoms with Crippen LogP contribution in [0.4, 0.5) is 11.4 Å². The fraction of sp³-hybridized carbons (Fsp3) is 0.462. The Labute approximate surface area is 106 Å². The van der Waals surface area contributed by atoms with Crippen molar-refractivity contribution < 1.29 is 4.79 Å². The van der Waals surface area contributed by atoms with Crippen LogP contribution in [0.2, 0.25) is 5.02 Å². The van der Waals surface area contributed by atoms with Gasteiger partial charge in [-0.1, -0.05) is 36.9 Å². The van der Waals surface area contributed by atoms with Crippen LogP contribution >= 0.6 is 11.6 Å². The SMILES string of the molecule is Nc1cccc(Cl)c1NC(=O)C1CCCCC1. The Morgan fingerprint density at radius 1 is 1.29 bits per heavy atom. The fourth-order valence-corrected chi connectivity index (χ4v) is 2.49. The van der Waals surface area contributed by atoms with E-state index in [0.29, 0.717) is 16.4 Å². The first-order valence-corrected chi connectivity index (χ1v) is 6.41. The molecule has 1 amide bonds. The third kappa shape index (κ3) is 2.91. The van der Waals surface area contributed by atoms with Gasteiger partial charge in [0.05, 0.1) is 16.4 Å². The number of rotatable bonds is 2. The Kier molecular flexibility index (Phi) is 3.89. The monoisotopic (exact) mass is 252 g/mol. The maximum atomic E-state index is 12.0. The van der Waals surface area contributed by atoms with E-state index in [1.165, 1.54) is 6.42 Å². The van der Waals surface area contributed by atoms with Crippen molar-refractivity contribution >= 4 is 28.9 Å². The van der Waals surface area contributed by atoms with Crippen LogP contribution < -0.4 is 11.1 Å². The van der Waals surface area contributed by atoms with Gasteiger partial charge in [-0.15, -0.1) is 0 Å². The fourth-order valence-electron chi connectivity index (χ4n) is 2.26. The van der Waals surface area contributed by atoms with Gasteiger partial charge in [0.1, 0.15) is 0 Å². The summed E-state index contributed by atoms with van der Waals surface area (Å²) in [6.07, 6.45) is 5.44. The summed E-state index contributed by atoms with van der Waals surface area (Å²) in [7, 11) is 0. The number of hydrogen-bond acceptors (Lipinski definition) is 2. The number of amides is 1. The average molecular weight is 253 g/mol. The van der Waals surface area contributed by atoms with Crippen molar-refractivity contribution in [1.82, 2.24) is 0 Å². The molecule has 0 radical (unpaired) electrons. The number of nitrogens with two attached hydrogens (primary N) is 1. The van der Waals surface area contributed by atoms with E-state index in [-0.39, 0.29) is 11.8 Å². The molecular weight excluding hydrogens is 236 g/mol. The van der Waals surface area contributed by atoms with E-state index in [1.54, 1.807) is 18.2 Å². The summed E-state index contributed by atoms with van der Waals surface area (Å²) < 4.78 is 0. The summed E-state index contributed by atoms with van der Waals surface area (Å²) in [5.41, 5.74) is 6.86. The van der Waals surface area contributed by atoms with Crippen molar-refractivity contribution in [3.63, 3.8) is 0 Å². The van der Waals surface area contributed by atoms with Crippen LogP contribution in [0.5, 0.6) is 0 Å². The summed E-state index contributed by atoms with van der Waals surface area (Å²) >= 11 is 6.02. The predicted octanol–water partition coefficient (Wildman–Crippen LogP) is 3.44. The molecule has 1 aromatic rings. The molecule has 0 aromatic heterocycles. The number of benzene rings is 1. The summed E-state index contributed by atoms with van der Waals surface area (Å²) in [6.45, 7) is 0. The largest absolute Gasteiger partial charge is 0.397 e. The number of halogens is 1. The molecule has 0 heterocycles. The third-order valence-corrected chi connectivity index (χ3v) is 3.58. The molecule has 0 bridgehead atoms. The standard InChI is InChI=1S/C13H17ClN2O/c14-10-7-4-8-11(15)12(10)16-13(17)9-5-2-1-3-6-9/h4,7-9H,1-3,5-6,15H2,(H,16,17). The summed E-state index contributed by atoms with van der Waals surface area (Å²) in [5, 5.41) is 3.35. The number of nitrogen functional groups attached to an aromatic ring is 1. The molecular formula is C13H17ClN2O. The average Bonchev–Trinajstić information content (AvgIpc) is 2.35. The van der Waals surface area contributed by atoms with Crippen LogP contribution in [0, 0.1) is 5.92 Å². The Bertz CT molecular complexity index is 394. The van der Waals surface area contributed by atoms with Crippen molar-refractivity contribution in [3.05, 3.63) is 23.2 Å². The van der Waals surface area contributed by atoms with Crippen LogP contribution in [0.15, 0.2) is 18.2 Å². The molecule has 1 aliphatic rings. The smallest absolute Gasteiger partial charge is 0.227 e. The van der Waals surface area contributed by atoms with Gasteiger partial charge in [-0.2, -0.15) is 0 Å². The van der Waals surface area contributed by atoms with Crippen molar-refractivity contribution in [2.45, 2.75) is 32.1 Å². The molecule has 0 atom stereocenters. The molecule has 92 valence electrons. The zero-order valence-electron chi connectivity index (χ0n) is 9.71. The second-order valence-electron chi connectivity index (χ2n) is 4.53. The Morgan fingerprint density at radius 3 is 2.65 bits per heavy atom. The minimum Gasteiger partial charge on any atom is -0.397 e. The number of anilines is 2. The zero-order valence-corrected chi connectivity index (χ0v) is 10.5. The Hall–Kier alpha value is -1.22. The number of para-hydroxylation sites is 1. The molecule has 2 rings (SSSR count). The van der Waals surface area contributed by atoms with Crippen LogP contribution in [0.25, 0.3) is 0 Å². The van der Waals surface area contributed by atoms with Gasteiger partial charge >= 0.3 is 0 Å². The van der Waals surface area contributed by atoms with Gasteiger partial charge in [-0.25, -0.2) is 0 Å². The van der Waals surface area contributed by atoms with Crippen LogP contribution in [0.3, 0.4) is 0 Å². The van der Waals surface area contributed by atoms with Gasteiger partial charge in [0.2, 0.25) is 5.91 Å². The van der Waals surface area contributed by atoms with E-state index >= 15 is 0 Å². The number of carbonyl (C=O) groups excluding carboxylic acids is 1.